The van der Waals surface area contributed by atoms with Crippen molar-refractivity contribution in [1.29, 1.82) is 0 Å². The van der Waals surface area contributed by atoms with Crippen LogP contribution in [0.1, 0.15) is 38.8 Å². The fourth-order valence-corrected chi connectivity index (χ4v) is 1.79. The molecule has 0 saturated carbocycles. The van der Waals surface area contributed by atoms with Gasteiger partial charge in [-0.05, 0) is 35.0 Å². The Hall–Kier alpha value is -1.56. The van der Waals surface area contributed by atoms with Gasteiger partial charge in [-0.3, -0.25) is 0 Å². The van der Waals surface area contributed by atoms with Gasteiger partial charge in [0.25, 0.3) is 0 Å². The Morgan fingerprint density at radius 1 is 1.16 bits per heavy atom. The Morgan fingerprint density at radius 3 is 2.26 bits per heavy atom. The van der Waals surface area contributed by atoms with E-state index in [4.69, 9.17) is 0 Å². The van der Waals surface area contributed by atoms with E-state index < -0.39 is 0 Å². The highest BCUT2D eigenvalue weighted by Crippen LogP contribution is 2.20. The standard InChI is InChI=1S/C19H26/c1-6-8-18(12-9-16(5)15(3)4)19-13-10-17(7-2)11-14-19/h6,8-16H,1,7H2,2-5H3/b12-9-,18-8+. The van der Waals surface area contributed by atoms with Gasteiger partial charge < -0.3 is 0 Å². The van der Waals surface area contributed by atoms with Gasteiger partial charge in [0.05, 0.1) is 0 Å². The molecule has 19 heavy (non-hydrogen) atoms. The number of benzene rings is 1. The van der Waals surface area contributed by atoms with E-state index in [1.165, 1.54) is 16.7 Å². The third kappa shape index (κ3) is 4.90. The molecule has 1 rings (SSSR count). The molecule has 1 aromatic rings. The third-order valence-corrected chi connectivity index (χ3v) is 3.62. The summed E-state index contributed by atoms with van der Waals surface area (Å²) < 4.78 is 0. The van der Waals surface area contributed by atoms with Crippen molar-refractivity contribution in [1.82, 2.24) is 0 Å². The second kappa shape index (κ2) is 7.78. The van der Waals surface area contributed by atoms with Gasteiger partial charge in [-0.2, -0.15) is 0 Å². The predicted molar refractivity (Wildman–Crippen MR) is 87.1 cm³/mol. The predicted octanol–water partition coefficient (Wildman–Crippen LogP) is 5.67. The van der Waals surface area contributed by atoms with Gasteiger partial charge in [-0.15, -0.1) is 0 Å². The van der Waals surface area contributed by atoms with Crippen molar-refractivity contribution in [2.24, 2.45) is 11.8 Å². The Labute approximate surface area is 118 Å². The van der Waals surface area contributed by atoms with Crippen LogP contribution >= 0.6 is 0 Å². The lowest BCUT2D eigenvalue weighted by molar-refractivity contribution is 0.504. The minimum absolute atomic E-state index is 0.586. The molecule has 0 bridgehead atoms. The molecular weight excluding hydrogens is 228 g/mol. The fraction of sp³-hybridized carbons (Fsp3) is 0.368. The Bertz CT molecular complexity index is 443. The van der Waals surface area contributed by atoms with Crippen molar-refractivity contribution in [2.45, 2.75) is 34.1 Å². The minimum atomic E-state index is 0.586. The van der Waals surface area contributed by atoms with Crippen molar-refractivity contribution < 1.29 is 0 Å². The smallest absolute Gasteiger partial charge is 0.0184 e. The van der Waals surface area contributed by atoms with Gasteiger partial charge in [-0.25, -0.2) is 0 Å². The molecule has 1 aromatic carbocycles. The first-order valence-electron chi connectivity index (χ1n) is 7.18. The van der Waals surface area contributed by atoms with Crippen molar-refractivity contribution >= 4 is 5.57 Å². The van der Waals surface area contributed by atoms with E-state index in [1.807, 2.05) is 6.08 Å². The lowest BCUT2D eigenvalue weighted by Crippen LogP contribution is -1.99. The van der Waals surface area contributed by atoms with E-state index in [0.717, 1.165) is 6.42 Å². The molecule has 0 N–H and O–H groups in total. The van der Waals surface area contributed by atoms with Crippen LogP contribution in [0.4, 0.5) is 0 Å². The molecule has 0 amide bonds. The molecule has 0 aliphatic rings. The maximum Gasteiger partial charge on any atom is -0.0184 e. The molecule has 0 nitrogen and oxygen atoms in total. The van der Waals surface area contributed by atoms with Crippen LogP contribution in [0.25, 0.3) is 5.57 Å². The zero-order valence-corrected chi connectivity index (χ0v) is 12.7. The van der Waals surface area contributed by atoms with Crippen LogP contribution in [0.15, 0.2) is 55.1 Å². The topological polar surface area (TPSA) is 0 Å². The number of hydrogen-bond acceptors (Lipinski definition) is 0. The number of allylic oxidation sites excluding steroid dienone is 5. The van der Waals surface area contributed by atoms with Gasteiger partial charge in [0.2, 0.25) is 0 Å². The van der Waals surface area contributed by atoms with Crippen molar-refractivity contribution in [2.75, 3.05) is 0 Å². The molecular formula is C19H26. The van der Waals surface area contributed by atoms with Gasteiger partial charge in [0, 0.05) is 0 Å². The largest absolute Gasteiger partial charge is 0.0990 e. The van der Waals surface area contributed by atoms with E-state index in [0.29, 0.717) is 11.8 Å². The number of hydrogen-bond donors (Lipinski definition) is 0. The monoisotopic (exact) mass is 254 g/mol. The first-order valence-corrected chi connectivity index (χ1v) is 7.18. The highest BCUT2D eigenvalue weighted by atomic mass is 14.1. The molecule has 0 fully saturated rings. The molecule has 0 heteroatoms. The van der Waals surface area contributed by atoms with Crippen LogP contribution in [-0.4, -0.2) is 0 Å². The summed E-state index contributed by atoms with van der Waals surface area (Å²) in [6.07, 6.45) is 9.51. The van der Waals surface area contributed by atoms with Crippen LogP contribution in [0.2, 0.25) is 0 Å². The van der Waals surface area contributed by atoms with Gasteiger partial charge in [0.15, 0.2) is 0 Å². The first kappa shape index (κ1) is 15.5. The summed E-state index contributed by atoms with van der Waals surface area (Å²) in [5.41, 5.74) is 3.86. The fourth-order valence-electron chi connectivity index (χ4n) is 1.79. The molecule has 0 heterocycles. The summed E-state index contributed by atoms with van der Waals surface area (Å²) in [6, 6.07) is 8.79. The van der Waals surface area contributed by atoms with E-state index in [1.54, 1.807) is 0 Å². The molecule has 1 unspecified atom stereocenters. The van der Waals surface area contributed by atoms with Crippen LogP contribution in [-0.2, 0) is 6.42 Å². The average molecular weight is 254 g/mol. The lowest BCUT2D eigenvalue weighted by Gasteiger charge is -2.10. The zero-order chi connectivity index (χ0) is 14.3. The van der Waals surface area contributed by atoms with Gasteiger partial charge in [-0.1, -0.05) is 82.8 Å². The zero-order valence-electron chi connectivity index (χ0n) is 12.7. The Balaban J connectivity index is 2.94. The summed E-state index contributed by atoms with van der Waals surface area (Å²) in [5.74, 6) is 1.26. The second-order valence-corrected chi connectivity index (χ2v) is 5.37. The van der Waals surface area contributed by atoms with Gasteiger partial charge >= 0.3 is 0 Å². The summed E-state index contributed by atoms with van der Waals surface area (Å²) in [7, 11) is 0. The number of rotatable bonds is 6. The van der Waals surface area contributed by atoms with Crippen LogP contribution in [0.5, 0.6) is 0 Å². The third-order valence-electron chi connectivity index (χ3n) is 3.62. The molecule has 0 aliphatic heterocycles. The van der Waals surface area contributed by atoms with E-state index >= 15 is 0 Å². The second-order valence-electron chi connectivity index (χ2n) is 5.37. The van der Waals surface area contributed by atoms with Crippen molar-refractivity contribution in [3.8, 4) is 0 Å². The number of aryl methyl sites for hydroxylation is 1. The average Bonchev–Trinajstić information content (AvgIpc) is 2.43. The van der Waals surface area contributed by atoms with E-state index in [2.05, 4.69) is 76.8 Å². The summed E-state index contributed by atoms with van der Waals surface area (Å²) in [5, 5.41) is 0. The van der Waals surface area contributed by atoms with Crippen LogP contribution in [0.3, 0.4) is 0 Å². The normalized spacial score (nSPS) is 14.1. The highest BCUT2D eigenvalue weighted by Gasteiger charge is 2.03. The Morgan fingerprint density at radius 2 is 1.79 bits per heavy atom. The summed E-state index contributed by atoms with van der Waals surface area (Å²) in [6.45, 7) is 12.8. The summed E-state index contributed by atoms with van der Waals surface area (Å²) in [4.78, 5) is 0. The molecule has 102 valence electrons. The van der Waals surface area contributed by atoms with Crippen LogP contribution < -0.4 is 0 Å². The lowest BCUT2D eigenvalue weighted by atomic mass is 9.95. The molecule has 0 aliphatic carbocycles. The SMILES string of the molecule is C=C/C=C(\C=C/C(C)C(C)C)c1ccc(CC)cc1. The Kier molecular flexibility index (Phi) is 6.35. The molecule has 1 atom stereocenters. The van der Waals surface area contributed by atoms with E-state index in [-0.39, 0.29) is 0 Å². The molecule has 0 spiro atoms. The summed E-state index contributed by atoms with van der Waals surface area (Å²) >= 11 is 0. The highest BCUT2D eigenvalue weighted by molar-refractivity contribution is 5.75. The molecule has 0 saturated heterocycles. The quantitative estimate of drug-likeness (QED) is 0.574. The molecule has 0 radical (unpaired) electrons. The molecule has 0 aromatic heterocycles. The van der Waals surface area contributed by atoms with E-state index in [9.17, 15) is 0 Å². The first-order chi connectivity index (χ1) is 9.08. The van der Waals surface area contributed by atoms with Crippen LogP contribution in [0, 0.1) is 11.8 Å². The van der Waals surface area contributed by atoms with Crippen molar-refractivity contribution in [3.05, 3.63) is 66.3 Å². The maximum atomic E-state index is 3.81. The minimum Gasteiger partial charge on any atom is -0.0990 e. The van der Waals surface area contributed by atoms with Crippen molar-refractivity contribution in [3.63, 3.8) is 0 Å². The maximum absolute atomic E-state index is 3.81. The van der Waals surface area contributed by atoms with Gasteiger partial charge in [0.1, 0.15) is 0 Å².